The molecule has 1 aliphatic rings. The highest BCUT2D eigenvalue weighted by Crippen LogP contribution is 2.30. The highest BCUT2D eigenvalue weighted by Gasteiger charge is 2.23. The summed E-state index contributed by atoms with van der Waals surface area (Å²) in [6, 6.07) is 13.6. The Kier molecular flexibility index (Phi) is 5.90. The van der Waals surface area contributed by atoms with E-state index in [0.29, 0.717) is 16.2 Å². The zero-order chi connectivity index (χ0) is 20.1. The molecule has 0 spiro atoms. The molecule has 0 saturated carbocycles. The fraction of sp³-hybridized carbons (Fsp3) is 0.100. The molecule has 142 valence electrons. The predicted molar refractivity (Wildman–Crippen MR) is 106 cm³/mol. The van der Waals surface area contributed by atoms with E-state index >= 15 is 0 Å². The van der Waals surface area contributed by atoms with Gasteiger partial charge >= 0.3 is 5.97 Å². The number of carbonyl (C=O) groups is 3. The van der Waals surface area contributed by atoms with Gasteiger partial charge in [-0.3, -0.25) is 9.59 Å². The lowest BCUT2D eigenvalue weighted by molar-refractivity contribution is -0.117. The summed E-state index contributed by atoms with van der Waals surface area (Å²) < 4.78 is 5.84. The SMILES string of the molecule is CC(=O)NC1=NC(=O)C(=Cc2ccccc2OCc2ccc(C(=O)O)cc2)S1. The van der Waals surface area contributed by atoms with Gasteiger partial charge in [-0.15, -0.1) is 0 Å². The Bertz CT molecular complexity index is 996. The van der Waals surface area contributed by atoms with Gasteiger partial charge < -0.3 is 15.2 Å². The number of thioether (sulfide) groups is 1. The number of nitrogens with one attached hydrogen (secondary N) is 1. The van der Waals surface area contributed by atoms with Crippen LogP contribution in [0.4, 0.5) is 0 Å². The number of hydrogen-bond donors (Lipinski definition) is 2. The first-order valence-corrected chi connectivity index (χ1v) is 9.08. The molecule has 0 aromatic heterocycles. The molecule has 1 aliphatic heterocycles. The number of carboxylic acid groups (broad SMARTS) is 1. The van der Waals surface area contributed by atoms with Crippen molar-refractivity contribution in [2.24, 2.45) is 4.99 Å². The number of rotatable bonds is 5. The van der Waals surface area contributed by atoms with Gasteiger partial charge in [0.25, 0.3) is 5.91 Å². The van der Waals surface area contributed by atoms with E-state index in [0.717, 1.165) is 17.3 Å². The van der Waals surface area contributed by atoms with Gasteiger partial charge in [-0.2, -0.15) is 4.99 Å². The standard InChI is InChI=1S/C20H16N2O5S/c1-12(23)21-20-22-18(24)17(28-20)10-15-4-2-3-5-16(15)27-11-13-6-8-14(9-7-13)19(25)26/h2-10H,11H2,1H3,(H,25,26)(H,21,22,23,24). The molecule has 7 nitrogen and oxygen atoms in total. The maximum absolute atomic E-state index is 12.0. The molecule has 3 rings (SSSR count). The zero-order valence-corrected chi connectivity index (χ0v) is 15.7. The molecule has 1 heterocycles. The van der Waals surface area contributed by atoms with Crippen LogP contribution < -0.4 is 10.1 Å². The Morgan fingerprint density at radius 2 is 1.89 bits per heavy atom. The molecule has 0 saturated heterocycles. The molecule has 28 heavy (non-hydrogen) atoms. The summed E-state index contributed by atoms with van der Waals surface area (Å²) >= 11 is 1.09. The van der Waals surface area contributed by atoms with Crippen molar-refractivity contribution >= 4 is 40.8 Å². The molecule has 0 atom stereocenters. The third-order valence-electron chi connectivity index (χ3n) is 3.70. The van der Waals surface area contributed by atoms with Crippen LogP contribution in [0.5, 0.6) is 5.75 Å². The van der Waals surface area contributed by atoms with E-state index in [-0.39, 0.29) is 23.2 Å². The van der Waals surface area contributed by atoms with E-state index in [4.69, 9.17) is 9.84 Å². The number of aromatic carboxylic acids is 1. The highest BCUT2D eigenvalue weighted by molar-refractivity contribution is 8.18. The van der Waals surface area contributed by atoms with Gasteiger partial charge in [-0.1, -0.05) is 30.3 Å². The minimum Gasteiger partial charge on any atom is -0.488 e. The molecule has 0 unspecified atom stereocenters. The Balaban J connectivity index is 1.72. The normalized spacial score (nSPS) is 14.7. The third-order valence-corrected chi connectivity index (χ3v) is 4.60. The number of aliphatic imine (C=N–C) groups is 1. The van der Waals surface area contributed by atoms with E-state index in [9.17, 15) is 14.4 Å². The summed E-state index contributed by atoms with van der Waals surface area (Å²) in [7, 11) is 0. The monoisotopic (exact) mass is 396 g/mol. The van der Waals surface area contributed by atoms with Crippen molar-refractivity contribution in [3.8, 4) is 5.75 Å². The molecule has 0 bridgehead atoms. The fourth-order valence-electron chi connectivity index (χ4n) is 2.39. The van der Waals surface area contributed by atoms with Crippen LogP contribution in [0, 0.1) is 0 Å². The van der Waals surface area contributed by atoms with Crippen LogP contribution in [-0.4, -0.2) is 28.1 Å². The number of amidine groups is 1. The second kappa shape index (κ2) is 8.53. The van der Waals surface area contributed by atoms with E-state index < -0.39 is 11.9 Å². The first kappa shape index (κ1) is 19.4. The van der Waals surface area contributed by atoms with Gasteiger partial charge in [0.05, 0.1) is 10.5 Å². The molecule has 2 N–H and O–H groups in total. The van der Waals surface area contributed by atoms with Crippen LogP contribution >= 0.6 is 11.8 Å². The van der Waals surface area contributed by atoms with Gasteiger partial charge in [-0.05, 0) is 41.6 Å². The molecule has 2 aromatic carbocycles. The minimum absolute atomic E-state index is 0.209. The van der Waals surface area contributed by atoms with Crippen LogP contribution in [0.25, 0.3) is 6.08 Å². The average molecular weight is 396 g/mol. The van der Waals surface area contributed by atoms with Crippen molar-refractivity contribution in [1.82, 2.24) is 5.32 Å². The molecule has 2 amide bonds. The predicted octanol–water partition coefficient (Wildman–Crippen LogP) is 3.07. The van der Waals surface area contributed by atoms with Crippen LogP contribution in [0.15, 0.2) is 58.4 Å². The first-order chi connectivity index (χ1) is 13.4. The number of carboxylic acids is 1. The zero-order valence-electron chi connectivity index (χ0n) is 14.8. The number of para-hydroxylation sites is 1. The lowest BCUT2D eigenvalue weighted by atomic mass is 10.1. The largest absolute Gasteiger partial charge is 0.488 e. The molecule has 0 radical (unpaired) electrons. The fourth-order valence-corrected chi connectivity index (χ4v) is 3.24. The van der Waals surface area contributed by atoms with Crippen molar-refractivity contribution in [2.45, 2.75) is 13.5 Å². The van der Waals surface area contributed by atoms with Crippen molar-refractivity contribution in [1.29, 1.82) is 0 Å². The maximum Gasteiger partial charge on any atom is 0.335 e. The molecule has 0 aliphatic carbocycles. The molecular formula is C20H16N2O5S. The summed E-state index contributed by atoms with van der Waals surface area (Å²) in [5.74, 6) is -1.13. The summed E-state index contributed by atoms with van der Waals surface area (Å²) in [4.78, 5) is 38.2. The van der Waals surface area contributed by atoms with Crippen molar-refractivity contribution in [3.63, 3.8) is 0 Å². The van der Waals surface area contributed by atoms with Crippen LogP contribution in [-0.2, 0) is 16.2 Å². The highest BCUT2D eigenvalue weighted by atomic mass is 32.2. The lowest BCUT2D eigenvalue weighted by Crippen LogP contribution is -2.23. The number of hydrogen-bond acceptors (Lipinski definition) is 5. The van der Waals surface area contributed by atoms with Crippen molar-refractivity contribution < 1.29 is 24.2 Å². The second-order valence-corrected chi connectivity index (χ2v) is 6.87. The van der Waals surface area contributed by atoms with E-state index in [1.165, 1.54) is 19.1 Å². The Morgan fingerprint density at radius 3 is 2.57 bits per heavy atom. The van der Waals surface area contributed by atoms with Crippen LogP contribution in [0.1, 0.15) is 28.4 Å². The number of carbonyl (C=O) groups excluding carboxylic acids is 2. The summed E-state index contributed by atoms with van der Waals surface area (Å²) in [6.45, 7) is 1.59. The van der Waals surface area contributed by atoms with Crippen molar-refractivity contribution in [2.75, 3.05) is 0 Å². The minimum atomic E-state index is -0.982. The van der Waals surface area contributed by atoms with Gasteiger partial charge in [0.2, 0.25) is 5.91 Å². The topological polar surface area (TPSA) is 105 Å². The van der Waals surface area contributed by atoms with Gasteiger partial charge in [0.15, 0.2) is 5.17 Å². The smallest absolute Gasteiger partial charge is 0.335 e. The molecule has 8 heteroatoms. The molecular weight excluding hydrogens is 380 g/mol. The summed E-state index contributed by atoms with van der Waals surface area (Å²) in [6.07, 6.45) is 1.66. The molecule has 0 fully saturated rings. The number of amides is 2. The Labute approximate surface area is 165 Å². The van der Waals surface area contributed by atoms with E-state index in [2.05, 4.69) is 10.3 Å². The first-order valence-electron chi connectivity index (χ1n) is 8.26. The maximum atomic E-state index is 12.0. The van der Waals surface area contributed by atoms with Gasteiger partial charge in [-0.25, -0.2) is 4.79 Å². The summed E-state index contributed by atoms with van der Waals surface area (Å²) in [5.41, 5.74) is 1.72. The van der Waals surface area contributed by atoms with Gasteiger partial charge in [0, 0.05) is 12.5 Å². The Morgan fingerprint density at radius 1 is 1.18 bits per heavy atom. The lowest BCUT2D eigenvalue weighted by Gasteiger charge is -2.10. The van der Waals surface area contributed by atoms with E-state index in [1.807, 2.05) is 12.1 Å². The molecule has 2 aromatic rings. The summed E-state index contributed by atoms with van der Waals surface area (Å²) in [5, 5.41) is 11.7. The van der Waals surface area contributed by atoms with Crippen molar-refractivity contribution in [3.05, 3.63) is 70.1 Å². The second-order valence-electron chi connectivity index (χ2n) is 5.84. The number of ether oxygens (including phenoxy) is 1. The number of benzene rings is 2. The van der Waals surface area contributed by atoms with Gasteiger partial charge in [0.1, 0.15) is 12.4 Å². The Hall–Kier alpha value is -3.39. The number of nitrogens with zero attached hydrogens (tertiary/aromatic N) is 1. The quantitative estimate of drug-likeness (QED) is 0.753. The van der Waals surface area contributed by atoms with E-state index in [1.54, 1.807) is 30.3 Å². The average Bonchev–Trinajstić information content (AvgIpc) is 2.99. The van der Waals surface area contributed by atoms with Crippen LogP contribution in [0.2, 0.25) is 0 Å². The third kappa shape index (κ3) is 4.86. The van der Waals surface area contributed by atoms with Crippen LogP contribution in [0.3, 0.4) is 0 Å².